The fourth-order valence-electron chi connectivity index (χ4n) is 0.727. The van der Waals surface area contributed by atoms with E-state index in [0.717, 1.165) is 6.42 Å². The van der Waals surface area contributed by atoms with Gasteiger partial charge in [0.1, 0.15) is 6.61 Å². The molecular weight excluding hydrogens is 168 g/mol. The monoisotopic (exact) mass is 188 g/mol. The Kier molecular flexibility index (Phi) is 5.66. The van der Waals surface area contributed by atoms with Crippen molar-refractivity contribution in [1.29, 1.82) is 0 Å². The maximum Gasteiger partial charge on any atom is 0.245 e. The summed E-state index contributed by atoms with van der Waals surface area (Å²) in [5.74, 6) is -0.0885. The highest BCUT2D eigenvalue weighted by molar-refractivity contribution is 5.77. The standard InChI is InChI=1S/C9H20N2O2/c1-4-9(3,10)7-13-6-8(12)11-5-2/h4-7,10H2,1-3H3,(H,11,12). The Morgan fingerprint density at radius 1 is 1.54 bits per heavy atom. The van der Waals surface area contributed by atoms with Gasteiger partial charge in [-0.05, 0) is 20.3 Å². The molecule has 0 saturated carbocycles. The molecule has 4 nitrogen and oxygen atoms in total. The van der Waals surface area contributed by atoms with Gasteiger partial charge in [-0.1, -0.05) is 6.92 Å². The van der Waals surface area contributed by atoms with Gasteiger partial charge in [-0.2, -0.15) is 0 Å². The third kappa shape index (κ3) is 6.54. The second-order valence-electron chi connectivity index (χ2n) is 3.45. The lowest BCUT2D eigenvalue weighted by Gasteiger charge is -2.21. The van der Waals surface area contributed by atoms with E-state index in [1.165, 1.54) is 0 Å². The smallest absolute Gasteiger partial charge is 0.245 e. The Balaban J connectivity index is 3.50. The van der Waals surface area contributed by atoms with Crippen molar-refractivity contribution in [2.24, 2.45) is 5.73 Å². The topological polar surface area (TPSA) is 64.3 Å². The van der Waals surface area contributed by atoms with Crippen molar-refractivity contribution in [3.05, 3.63) is 0 Å². The molecule has 0 fully saturated rings. The van der Waals surface area contributed by atoms with E-state index in [9.17, 15) is 4.79 Å². The van der Waals surface area contributed by atoms with Gasteiger partial charge in [0, 0.05) is 12.1 Å². The summed E-state index contributed by atoms with van der Waals surface area (Å²) in [6.07, 6.45) is 0.836. The van der Waals surface area contributed by atoms with Gasteiger partial charge in [0.25, 0.3) is 0 Å². The Labute approximate surface area is 79.8 Å². The van der Waals surface area contributed by atoms with Crippen LogP contribution in [0.25, 0.3) is 0 Å². The van der Waals surface area contributed by atoms with Crippen LogP contribution in [0, 0.1) is 0 Å². The Bertz CT molecular complexity index is 158. The Morgan fingerprint density at radius 3 is 2.62 bits per heavy atom. The molecular formula is C9H20N2O2. The summed E-state index contributed by atoms with van der Waals surface area (Å²) >= 11 is 0. The molecule has 1 unspecified atom stereocenters. The summed E-state index contributed by atoms with van der Waals surface area (Å²) in [4.78, 5) is 10.9. The molecule has 4 heteroatoms. The van der Waals surface area contributed by atoms with Crippen LogP contribution >= 0.6 is 0 Å². The van der Waals surface area contributed by atoms with E-state index in [0.29, 0.717) is 13.2 Å². The highest BCUT2D eigenvalue weighted by Gasteiger charge is 2.15. The maximum absolute atomic E-state index is 10.9. The van der Waals surface area contributed by atoms with Crippen molar-refractivity contribution in [2.75, 3.05) is 19.8 Å². The molecule has 0 heterocycles. The summed E-state index contributed by atoms with van der Waals surface area (Å²) < 4.78 is 5.17. The van der Waals surface area contributed by atoms with Crippen molar-refractivity contribution in [2.45, 2.75) is 32.7 Å². The zero-order valence-corrected chi connectivity index (χ0v) is 8.72. The quantitative estimate of drug-likeness (QED) is 0.628. The summed E-state index contributed by atoms with van der Waals surface area (Å²) in [6, 6.07) is 0. The first kappa shape index (κ1) is 12.4. The van der Waals surface area contributed by atoms with E-state index in [1.807, 2.05) is 20.8 Å². The van der Waals surface area contributed by atoms with Gasteiger partial charge < -0.3 is 15.8 Å². The van der Waals surface area contributed by atoms with Crippen LogP contribution in [-0.2, 0) is 9.53 Å². The number of nitrogens with one attached hydrogen (secondary N) is 1. The van der Waals surface area contributed by atoms with Gasteiger partial charge >= 0.3 is 0 Å². The molecule has 3 N–H and O–H groups in total. The first-order valence-electron chi connectivity index (χ1n) is 4.65. The number of carbonyl (C=O) groups excluding carboxylic acids is 1. The van der Waals surface area contributed by atoms with Gasteiger partial charge in [-0.15, -0.1) is 0 Å². The van der Waals surface area contributed by atoms with E-state index in [1.54, 1.807) is 0 Å². The molecule has 0 aliphatic rings. The van der Waals surface area contributed by atoms with Gasteiger partial charge in [-0.25, -0.2) is 0 Å². The summed E-state index contributed by atoms with van der Waals surface area (Å²) in [5.41, 5.74) is 5.49. The highest BCUT2D eigenvalue weighted by Crippen LogP contribution is 2.04. The average molecular weight is 188 g/mol. The van der Waals surface area contributed by atoms with Crippen LogP contribution in [0.1, 0.15) is 27.2 Å². The molecule has 78 valence electrons. The number of likely N-dealkylation sites (N-methyl/N-ethyl adjacent to an activating group) is 1. The van der Waals surface area contributed by atoms with Crippen molar-refractivity contribution in [3.8, 4) is 0 Å². The lowest BCUT2D eigenvalue weighted by Crippen LogP contribution is -2.41. The minimum atomic E-state index is -0.327. The summed E-state index contributed by atoms with van der Waals surface area (Å²) in [5, 5.41) is 2.65. The van der Waals surface area contributed by atoms with Crippen LogP contribution in [0.5, 0.6) is 0 Å². The van der Waals surface area contributed by atoms with E-state index in [-0.39, 0.29) is 18.1 Å². The van der Waals surface area contributed by atoms with Crippen LogP contribution in [0.3, 0.4) is 0 Å². The minimum absolute atomic E-state index is 0.0885. The molecule has 1 amide bonds. The van der Waals surface area contributed by atoms with E-state index >= 15 is 0 Å². The highest BCUT2D eigenvalue weighted by atomic mass is 16.5. The number of ether oxygens (including phenoxy) is 1. The summed E-state index contributed by atoms with van der Waals surface area (Å²) in [6.45, 7) is 6.92. The van der Waals surface area contributed by atoms with E-state index in [4.69, 9.17) is 10.5 Å². The van der Waals surface area contributed by atoms with E-state index in [2.05, 4.69) is 5.32 Å². The number of amides is 1. The molecule has 0 aromatic rings. The predicted molar refractivity (Wildman–Crippen MR) is 52.4 cm³/mol. The van der Waals surface area contributed by atoms with Crippen molar-refractivity contribution in [1.82, 2.24) is 5.32 Å². The number of hydrogen-bond acceptors (Lipinski definition) is 3. The predicted octanol–water partition coefficient (Wildman–Crippen LogP) is 0.267. The van der Waals surface area contributed by atoms with Crippen molar-refractivity contribution >= 4 is 5.91 Å². The molecule has 0 rings (SSSR count). The zero-order chi connectivity index (χ0) is 10.3. The normalized spacial score (nSPS) is 15.1. The number of hydrogen-bond donors (Lipinski definition) is 2. The van der Waals surface area contributed by atoms with Gasteiger partial charge in [0.15, 0.2) is 0 Å². The fourth-order valence-corrected chi connectivity index (χ4v) is 0.727. The van der Waals surface area contributed by atoms with Crippen LogP contribution < -0.4 is 11.1 Å². The third-order valence-electron chi connectivity index (χ3n) is 1.85. The van der Waals surface area contributed by atoms with Crippen LogP contribution in [0.15, 0.2) is 0 Å². The fraction of sp³-hybridized carbons (Fsp3) is 0.889. The molecule has 0 bridgehead atoms. The Hall–Kier alpha value is -0.610. The first-order chi connectivity index (χ1) is 6.02. The zero-order valence-electron chi connectivity index (χ0n) is 8.72. The second-order valence-corrected chi connectivity index (χ2v) is 3.45. The number of carbonyl (C=O) groups is 1. The van der Waals surface area contributed by atoms with Gasteiger partial charge in [0.05, 0.1) is 6.61 Å². The molecule has 0 aliphatic heterocycles. The average Bonchev–Trinajstić information content (AvgIpc) is 2.05. The molecule has 0 saturated heterocycles. The molecule has 0 aliphatic carbocycles. The maximum atomic E-state index is 10.9. The molecule has 1 atom stereocenters. The lowest BCUT2D eigenvalue weighted by atomic mass is 10.0. The van der Waals surface area contributed by atoms with Gasteiger partial charge in [-0.3, -0.25) is 4.79 Å². The Morgan fingerprint density at radius 2 is 2.15 bits per heavy atom. The first-order valence-corrected chi connectivity index (χ1v) is 4.65. The van der Waals surface area contributed by atoms with Crippen LogP contribution in [-0.4, -0.2) is 31.2 Å². The van der Waals surface area contributed by atoms with Crippen LogP contribution in [0.4, 0.5) is 0 Å². The third-order valence-corrected chi connectivity index (χ3v) is 1.85. The second kappa shape index (κ2) is 5.94. The van der Waals surface area contributed by atoms with E-state index < -0.39 is 0 Å². The van der Waals surface area contributed by atoms with Crippen molar-refractivity contribution in [3.63, 3.8) is 0 Å². The number of rotatable bonds is 6. The SMILES string of the molecule is CCNC(=O)COCC(C)(N)CC. The number of nitrogens with two attached hydrogens (primary N) is 1. The van der Waals surface area contributed by atoms with Gasteiger partial charge in [0.2, 0.25) is 5.91 Å². The van der Waals surface area contributed by atoms with Crippen molar-refractivity contribution < 1.29 is 9.53 Å². The molecule has 0 aromatic heterocycles. The molecule has 0 radical (unpaired) electrons. The lowest BCUT2D eigenvalue weighted by molar-refractivity contribution is -0.126. The van der Waals surface area contributed by atoms with Crippen LogP contribution in [0.2, 0.25) is 0 Å². The summed E-state index contributed by atoms with van der Waals surface area (Å²) in [7, 11) is 0. The largest absolute Gasteiger partial charge is 0.370 e. The molecule has 0 aromatic carbocycles. The molecule has 0 spiro atoms. The minimum Gasteiger partial charge on any atom is -0.370 e. The molecule has 13 heavy (non-hydrogen) atoms.